The number of ketones is 2. The fourth-order valence-corrected chi connectivity index (χ4v) is 3.33. The van der Waals surface area contributed by atoms with E-state index in [-0.39, 0.29) is 12.2 Å². The van der Waals surface area contributed by atoms with Crippen LogP contribution in [0, 0.1) is 5.92 Å². The molecule has 4 nitrogen and oxygen atoms in total. The third-order valence-corrected chi connectivity index (χ3v) is 4.94. The summed E-state index contributed by atoms with van der Waals surface area (Å²) in [7, 11) is 0. The molecular formula is C22H40O4. The minimum absolute atomic E-state index is 0.107. The van der Waals surface area contributed by atoms with Crippen LogP contribution in [0.25, 0.3) is 0 Å². The summed E-state index contributed by atoms with van der Waals surface area (Å²) in [6, 6.07) is 0. The van der Waals surface area contributed by atoms with Gasteiger partial charge in [-0.25, -0.2) is 0 Å². The normalized spacial score (nSPS) is 12.1. The molecule has 0 amide bonds. The number of aliphatic carboxylic acids is 1. The summed E-state index contributed by atoms with van der Waals surface area (Å²) < 4.78 is 0. The average molecular weight is 369 g/mol. The number of hydrogen-bond donors (Lipinski definition) is 1. The van der Waals surface area contributed by atoms with E-state index in [1.807, 2.05) is 6.92 Å². The Morgan fingerprint density at radius 1 is 0.731 bits per heavy atom. The molecule has 0 aromatic carbocycles. The van der Waals surface area contributed by atoms with Gasteiger partial charge in [-0.2, -0.15) is 0 Å². The van der Waals surface area contributed by atoms with Crippen molar-refractivity contribution < 1.29 is 19.5 Å². The van der Waals surface area contributed by atoms with Crippen molar-refractivity contribution in [1.29, 1.82) is 0 Å². The monoisotopic (exact) mass is 368 g/mol. The largest absolute Gasteiger partial charge is 0.481 e. The summed E-state index contributed by atoms with van der Waals surface area (Å²) in [6.45, 7) is 3.62. The third kappa shape index (κ3) is 16.3. The highest BCUT2D eigenvalue weighted by Gasteiger charge is 2.19. The Kier molecular flexibility index (Phi) is 16.4. The molecule has 0 bridgehead atoms. The molecule has 1 N–H and O–H groups in total. The first-order chi connectivity index (χ1) is 12.5. The Bertz CT molecular complexity index is 390. The molecule has 26 heavy (non-hydrogen) atoms. The maximum Gasteiger partial charge on any atom is 0.306 e. The highest BCUT2D eigenvalue weighted by molar-refractivity contribution is 5.83. The van der Waals surface area contributed by atoms with Crippen molar-refractivity contribution in [3.8, 4) is 0 Å². The molecule has 0 spiro atoms. The molecule has 0 radical (unpaired) electrons. The molecule has 0 aliphatic heterocycles. The number of carboxylic acid groups (broad SMARTS) is 1. The molecule has 0 aromatic heterocycles. The van der Waals surface area contributed by atoms with E-state index in [1.165, 1.54) is 51.4 Å². The standard InChI is InChI=1S/C22H40O4/c1-3-15-20(22(25)26)18-21(24)17-14-12-10-8-6-4-5-7-9-11-13-16-19(2)23/h20H,3-18H2,1-2H3,(H,25,26)/t20-/m1/s1. The van der Waals surface area contributed by atoms with E-state index in [1.54, 1.807) is 6.92 Å². The number of unbranched alkanes of at least 4 members (excludes halogenated alkanes) is 10. The maximum atomic E-state index is 11.9. The highest BCUT2D eigenvalue weighted by atomic mass is 16.4. The fourth-order valence-electron chi connectivity index (χ4n) is 3.33. The SMILES string of the molecule is CCC[C@H](CC(=O)CCCCCCCCCCCCCC(C)=O)C(=O)O. The zero-order chi connectivity index (χ0) is 19.6. The summed E-state index contributed by atoms with van der Waals surface area (Å²) in [5, 5.41) is 9.08. The van der Waals surface area contributed by atoms with Crippen LogP contribution in [-0.4, -0.2) is 22.6 Å². The van der Waals surface area contributed by atoms with Gasteiger partial charge in [-0.3, -0.25) is 9.59 Å². The van der Waals surface area contributed by atoms with E-state index in [9.17, 15) is 14.4 Å². The lowest BCUT2D eigenvalue weighted by molar-refractivity contribution is -0.144. The molecule has 0 heterocycles. The number of carboxylic acids is 1. The van der Waals surface area contributed by atoms with Gasteiger partial charge < -0.3 is 9.90 Å². The van der Waals surface area contributed by atoms with Gasteiger partial charge in [-0.05, 0) is 26.2 Å². The molecular weight excluding hydrogens is 328 g/mol. The second-order valence-corrected chi connectivity index (χ2v) is 7.66. The minimum atomic E-state index is -0.834. The average Bonchev–Trinajstić information content (AvgIpc) is 2.58. The van der Waals surface area contributed by atoms with Gasteiger partial charge in [0.1, 0.15) is 11.6 Å². The topological polar surface area (TPSA) is 71.4 Å². The zero-order valence-electron chi connectivity index (χ0n) is 17.1. The Morgan fingerprint density at radius 2 is 1.15 bits per heavy atom. The molecule has 0 aliphatic rings. The van der Waals surface area contributed by atoms with Crippen LogP contribution >= 0.6 is 0 Å². The highest BCUT2D eigenvalue weighted by Crippen LogP contribution is 2.16. The van der Waals surface area contributed by atoms with Gasteiger partial charge in [-0.1, -0.05) is 71.1 Å². The van der Waals surface area contributed by atoms with E-state index in [0.717, 1.165) is 32.1 Å². The summed E-state index contributed by atoms with van der Waals surface area (Å²) >= 11 is 0. The zero-order valence-corrected chi connectivity index (χ0v) is 17.1. The van der Waals surface area contributed by atoms with E-state index >= 15 is 0 Å². The molecule has 0 fully saturated rings. The Labute approximate surface area is 160 Å². The fraction of sp³-hybridized carbons (Fsp3) is 0.864. The summed E-state index contributed by atoms with van der Waals surface area (Å²) in [6.07, 6.45) is 15.8. The second kappa shape index (κ2) is 17.2. The van der Waals surface area contributed by atoms with Crippen LogP contribution in [0.2, 0.25) is 0 Å². The van der Waals surface area contributed by atoms with Crippen LogP contribution in [0.15, 0.2) is 0 Å². The van der Waals surface area contributed by atoms with E-state index in [2.05, 4.69) is 0 Å². The van der Waals surface area contributed by atoms with Crippen molar-refractivity contribution in [3.63, 3.8) is 0 Å². The lowest BCUT2D eigenvalue weighted by Crippen LogP contribution is -2.17. The lowest BCUT2D eigenvalue weighted by atomic mass is 9.95. The third-order valence-electron chi connectivity index (χ3n) is 4.94. The Morgan fingerprint density at radius 3 is 1.54 bits per heavy atom. The number of rotatable bonds is 19. The first-order valence-corrected chi connectivity index (χ1v) is 10.7. The quantitative estimate of drug-likeness (QED) is 0.279. The number of hydrogen-bond acceptors (Lipinski definition) is 3. The second-order valence-electron chi connectivity index (χ2n) is 7.66. The number of carbonyl (C=O) groups excluding carboxylic acids is 2. The van der Waals surface area contributed by atoms with E-state index in [0.29, 0.717) is 18.6 Å². The molecule has 1 atom stereocenters. The van der Waals surface area contributed by atoms with Gasteiger partial charge >= 0.3 is 5.97 Å². The first kappa shape index (κ1) is 24.8. The van der Waals surface area contributed by atoms with Gasteiger partial charge in [0.05, 0.1) is 5.92 Å². The number of Topliss-reactive ketones (excluding diaryl/α,β-unsaturated/α-hetero) is 2. The lowest BCUT2D eigenvalue weighted by Gasteiger charge is -2.09. The molecule has 0 saturated carbocycles. The summed E-state index contributed by atoms with van der Waals surface area (Å²) in [5.41, 5.74) is 0. The molecule has 0 aromatic rings. The first-order valence-electron chi connectivity index (χ1n) is 10.7. The summed E-state index contributed by atoms with van der Waals surface area (Å²) in [5.74, 6) is -0.918. The predicted molar refractivity (Wildman–Crippen MR) is 106 cm³/mol. The van der Waals surface area contributed by atoms with Crippen LogP contribution in [0.3, 0.4) is 0 Å². The van der Waals surface area contributed by atoms with Crippen LogP contribution in [-0.2, 0) is 14.4 Å². The van der Waals surface area contributed by atoms with Gasteiger partial charge in [0.2, 0.25) is 0 Å². The number of carbonyl (C=O) groups is 3. The van der Waals surface area contributed by atoms with Crippen LogP contribution in [0.1, 0.15) is 117 Å². The molecule has 0 rings (SSSR count). The van der Waals surface area contributed by atoms with Crippen molar-refractivity contribution in [2.45, 2.75) is 117 Å². The van der Waals surface area contributed by atoms with Crippen molar-refractivity contribution in [1.82, 2.24) is 0 Å². The molecule has 0 aliphatic carbocycles. The maximum absolute atomic E-state index is 11.9. The minimum Gasteiger partial charge on any atom is -0.481 e. The predicted octanol–water partition coefficient (Wildman–Crippen LogP) is 6.11. The van der Waals surface area contributed by atoms with E-state index < -0.39 is 11.9 Å². The van der Waals surface area contributed by atoms with Crippen molar-refractivity contribution >= 4 is 17.5 Å². The molecule has 0 saturated heterocycles. The van der Waals surface area contributed by atoms with Crippen LogP contribution < -0.4 is 0 Å². The summed E-state index contributed by atoms with van der Waals surface area (Å²) in [4.78, 5) is 33.8. The Hall–Kier alpha value is -1.19. The van der Waals surface area contributed by atoms with Crippen molar-refractivity contribution in [2.24, 2.45) is 5.92 Å². The van der Waals surface area contributed by atoms with E-state index in [4.69, 9.17) is 5.11 Å². The Balaban J connectivity index is 3.38. The van der Waals surface area contributed by atoms with Crippen LogP contribution in [0.5, 0.6) is 0 Å². The van der Waals surface area contributed by atoms with Gasteiger partial charge in [0.15, 0.2) is 0 Å². The molecule has 152 valence electrons. The van der Waals surface area contributed by atoms with Gasteiger partial charge in [-0.15, -0.1) is 0 Å². The molecule has 0 unspecified atom stereocenters. The van der Waals surface area contributed by atoms with Gasteiger partial charge in [0, 0.05) is 19.3 Å². The molecule has 4 heteroatoms. The van der Waals surface area contributed by atoms with Crippen molar-refractivity contribution in [3.05, 3.63) is 0 Å². The van der Waals surface area contributed by atoms with Crippen molar-refractivity contribution in [2.75, 3.05) is 0 Å². The van der Waals surface area contributed by atoms with Gasteiger partial charge in [0.25, 0.3) is 0 Å². The smallest absolute Gasteiger partial charge is 0.306 e. The van der Waals surface area contributed by atoms with Crippen LogP contribution in [0.4, 0.5) is 0 Å².